The van der Waals surface area contributed by atoms with E-state index in [1.54, 1.807) is 11.3 Å². The predicted octanol–water partition coefficient (Wildman–Crippen LogP) is 2.52. The Morgan fingerprint density at radius 1 is 1.38 bits per heavy atom. The Kier molecular flexibility index (Phi) is 5.05. The van der Waals surface area contributed by atoms with Crippen molar-refractivity contribution in [3.63, 3.8) is 0 Å². The third kappa shape index (κ3) is 3.89. The van der Waals surface area contributed by atoms with Crippen LogP contribution >= 0.6 is 11.3 Å². The summed E-state index contributed by atoms with van der Waals surface area (Å²) in [7, 11) is 0. The van der Waals surface area contributed by atoms with Gasteiger partial charge in [0.2, 0.25) is 0 Å². The minimum absolute atomic E-state index is 0.639. The lowest BCUT2D eigenvalue weighted by Crippen LogP contribution is -1.93. The van der Waals surface area contributed by atoms with Crippen molar-refractivity contribution in [2.45, 2.75) is 32.9 Å². The van der Waals surface area contributed by atoms with Crippen LogP contribution in [0.2, 0.25) is 0 Å². The first-order valence-corrected chi connectivity index (χ1v) is 5.54. The van der Waals surface area contributed by atoms with Crippen LogP contribution in [0.3, 0.4) is 0 Å². The monoisotopic (exact) mass is 199 g/mol. The molecule has 3 heteroatoms. The molecule has 0 atom stereocenters. The summed E-state index contributed by atoms with van der Waals surface area (Å²) in [4.78, 5) is 2.51. The summed E-state index contributed by atoms with van der Waals surface area (Å²) >= 11 is 1.74. The van der Waals surface area contributed by atoms with E-state index >= 15 is 0 Å². The summed E-state index contributed by atoms with van der Waals surface area (Å²) in [5, 5.41) is 0. The number of hydrogen-bond acceptors (Lipinski definition) is 3. The highest BCUT2D eigenvalue weighted by molar-refractivity contribution is 7.11. The van der Waals surface area contributed by atoms with Crippen LogP contribution in [-0.4, -0.2) is 6.61 Å². The van der Waals surface area contributed by atoms with Crippen molar-refractivity contribution in [1.82, 2.24) is 0 Å². The maximum absolute atomic E-state index is 5.51. The lowest BCUT2D eigenvalue weighted by atomic mass is 10.4. The molecule has 2 nitrogen and oxygen atoms in total. The molecule has 74 valence electrons. The van der Waals surface area contributed by atoms with Crippen molar-refractivity contribution >= 4 is 11.3 Å². The van der Waals surface area contributed by atoms with Crippen LogP contribution < -0.4 is 5.73 Å². The first kappa shape index (κ1) is 10.7. The Morgan fingerprint density at radius 3 is 2.77 bits per heavy atom. The average molecular weight is 199 g/mol. The van der Waals surface area contributed by atoms with Gasteiger partial charge in [0.25, 0.3) is 0 Å². The van der Waals surface area contributed by atoms with E-state index in [4.69, 9.17) is 10.5 Å². The normalized spacial score (nSPS) is 10.6. The molecule has 0 radical (unpaired) electrons. The molecule has 1 aromatic rings. The summed E-state index contributed by atoms with van der Waals surface area (Å²) in [5.74, 6) is 0. The van der Waals surface area contributed by atoms with Gasteiger partial charge in [-0.1, -0.05) is 13.3 Å². The minimum Gasteiger partial charge on any atom is -0.376 e. The fourth-order valence-corrected chi connectivity index (χ4v) is 1.86. The molecule has 0 aromatic carbocycles. The van der Waals surface area contributed by atoms with Gasteiger partial charge in [-0.2, -0.15) is 0 Å². The number of hydrogen-bond donors (Lipinski definition) is 1. The zero-order chi connectivity index (χ0) is 9.52. The van der Waals surface area contributed by atoms with Crippen LogP contribution in [0.4, 0.5) is 0 Å². The van der Waals surface area contributed by atoms with E-state index in [1.165, 1.54) is 16.2 Å². The second-order valence-electron chi connectivity index (χ2n) is 2.98. The molecule has 0 spiro atoms. The van der Waals surface area contributed by atoms with Crippen LogP contribution in [-0.2, 0) is 17.9 Å². The van der Waals surface area contributed by atoms with Gasteiger partial charge < -0.3 is 10.5 Å². The summed E-state index contributed by atoms with van der Waals surface area (Å²) in [5.41, 5.74) is 5.51. The van der Waals surface area contributed by atoms with E-state index in [0.717, 1.165) is 19.6 Å². The Morgan fingerprint density at radius 2 is 2.15 bits per heavy atom. The number of rotatable bonds is 6. The Balaban J connectivity index is 2.20. The Hall–Kier alpha value is -0.380. The molecular weight excluding hydrogens is 182 g/mol. The maximum atomic E-state index is 5.51. The van der Waals surface area contributed by atoms with Crippen LogP contribution in [0.5, 0.6) is 0 Å². The summed E-state index contributed by atoms with van der Waals surface area (Å²) in [6.07, 6.45) is 2.34. The van der Waals surface area contributed by atoms with E-state index in [0.29, 0.717) is 6.54 Å². The number of unbranched alkanes of at least 4 members (excludes halogenated alkanes) is 1. The average Bonchev–Trinajstić information content (AvgIpc) is 2.60. The molecular formula is C10H17NOS. The van der Waals surface area contributed by atoms with E-state index in [9.17, 15) is 0 Å². The van der Waals surface area contributed by atoms with E-state index in [1.807, 2.05) is 0 Å². The SMILES string of the molecule is CCCCOCc1ccc(CN)s1. The van der Waals surface area contributed by atoms with Crippen molar-refractivity contribution in [2.75, 3.05) is 6.61 Å². The van der Waals surface area contributed by atoms with Crippen molar-refractivity contribution < 1.29 is 4.74 Å². The maximum Gasteiger partial charge on any atom is 0.0809 e. The first-order valence-electron chi connectivity index (χ1n) is 4.72. The molecule has 0 unspecified atom stereocenters. The summed E-state index contributed by atoms with van der Waals surface area (Å²) in [6, 6.07) is 4.17. The molecule has 1 heterocycles. The molecule has 0 aliphatic heterocycles. The zero-order valence-electron chi connectivity index (χ0n) is 8.08. The van der Waals surface area contributed by atoms with E-state index in [-0.39, 0.29) is 0 Å². The van der Waals surface area contributed by atoms with Crippen molar-refractivity contribution in [3.05, 3.63) is 21.9 Å². The predicted molar refractivity (Wildman–Crippen MR) is 56.8 cm³/mol. The van der Waals surface area contributed by atoms with Crippen molar-refractivity contribution in [2.24, 2.45) is 5.73 Å². The second kappa shape index (κ2) is 6.13. The first-order chi connectivity index (χ1) is 6.36. The fraction of sp³-hybridized carbons (Fsp3) is 0.600. The second-order valence-corrected chi connectivity index (χ2v) is 4.23. The molecule has 0 fully saturated rings. The molecule has 0 amide bonds. The van der Waals surface area contributed by atoms with Gasteiger partial charge >= 0.3 is 0 Å². The quantitative estimate of drug-likeness (QED) is 0.714. The summed E-state index contributed by atoms with van der Waals surface area (Å²) < 4.78 is 5.49. The van der Waals surface area contributed by atoms with Crippen molar-refractivity contribution in [1.29, 1.82) is 0 Å². The van der Waals surface area contributed by atoms with Crippen LogP contribution in [0, 0.1) is 0 Å². The third-order valence-electron chi connectivity index (χ3n) is 1.81. The van der Waals surface area contributed by atoms with Gasteiger partial charge in [-0.05, 0) is 18.6 Å². The van der Waals surface area contributed by atoms with Gasteiger partial charge in [0.15, 0.2) is 0 Å². The van der Waals surface area contributed by atoms with Gasteiger partial charge in [0.05, 0.1) is 6.61 Å². The Labute approximate surface area is 83.7 Å². The standard InChI is InChI=1S/C10H17NOS/c1-2-3-6-12-8-10-5-4-9(7-11)13-10/h4-5H,2-3,6-8,11H2,1H3. The smallest absolute Gasteiger partial charge is 0.0809 e. The number of nitrogens with two attached hydrogens (primary N) is 1. The highest BCUT2D eigenvalue weighted by Crippen LogP contribution is 2.16. The van der Waals surface area contributed by atoms with E-state index in [2.05, 4.69) is 19.1 Å². The lowest BCUT2D eigenvalue weighted by Gasteiger charge is -1.99. The van der Waals surface area contributed by atoms with Gasteiger partial charge in [-0.3, -0.25) is 0 Å². The topological polar surface area (TPSA) is 35.2 Å². The third-order valence-corrected chi connectivity index (χ3v) is 2.89. The van der Waals surface area contributed by atoms with Crippen LogP contribution in [0.15, 0.2) is 12.1 Å². The number of thiophene rings is 1. The van der Waals surface area contributed by atoms with Gasteiger partial charge in [-0.25, -0.2) is 0 Å². The van der Waals surface area contributed by atoms with Gasteiger partial charge in [0, 0.05) is 22.9 Å². The molecule has 1 rings (SSSR count). The fourth-order valence-electron chi connectivity index (χ4n) is 1.03. The van der Waals surface area contributed by atoms with Crippen molar-refractivity contribution in [3.8, 4) is 0 Å². The molecule has 1 aromatic heterocycles. The van der Waals surface area contributed by atoms with Crippen LogP contribution in [0.25, 0.3) is 0 Å². The Bertz CT molecular complexity index is 235. The highest BCUT2D eigenvalue weighted by atomic mass is 32.1. The molecule has 0 bridgehead atoms. The zero-order valence-corrected chi connectivity index (χ0v) is 8.90. The van der Waals surface area contributed by atoms with E-state index < -0.39 is 0 Å². The molecule has 0 aliphatic carbocycles. The molecule has 0 saturated heterocycles. The molecule has 13 heavy (non-hydrogen) atoms. The summed E-state index contributed by atoms with van der Waals surface area (Å²) in [6.45, 7) is 4.41. The number of ether oxygens (including phenoxy) is 1. The molecule has 0 aliphatic rings. The van der Waals surface area contributed by atoms with Crippen LogP contribution in [0.1, 0.15) is 29.5 Å². The largest absolute Gasteiger partial charge is 0.376 e. The highest BCUT2D eigenvalue weighted by Gasteiger charge is 1.97. The van der Waals surface area contributed by atoms with Gasteiger partial charge in [0.1, 0.15) is 0 Å². The minimum atomic E-state index is 0.639. The molecule has 2 N–H and O–H groups in total. The van der Waals surface area contributed by atoms with Gasteiger partial charge in [-0.15, -0.1) is 11.3 Å². The lowest BCUT2D eigenvalue weighted by molar-refractivity contribution is 0.120. The molecule has 0 saturated carbocycles.